The first kappa shape index (κ1) is 19.0. The number of rotatable bonds is 6. The molecule has 0 fully saturated rings. The lowest BCUT2D eigenvalue weighted by atomic mass is 9.90. The van der Waals surface area contributed by atoms with Gasteiger partial charge in [-0.2, -0.15) is 5.10 Å². The molecule has 0 aliphatic carbocycles. The molecule has 2 aromatic rings. The van der Waals surface area contributed by atoms with Crippen LogP contribution in [0.5, 0.6) is 0 Å². The molecule has 28 heavy (non-hydrogen) atoms. The Hall–Kier alpha value is -3.75. The quantitative estimate of drug-likeness (QED) is 0.450. The summed E-state index contributed by atoms with van der Waals surface area (Å²) in [5.41, 5.74) is 4.58. The third kappa shape index (κ3) is 3.83. The fraction of sp³-hybridized carbons (Fsp3) is 0.211. The van der Waals surface area contributed by atoms with Crippen LogP contribution >= 0.6 is 0 Å². The molecule has 3 rings (SSSR count). The summed E-state index contributed by atoms with van der Waals surface area (Å²) in [5, 5.41) is 26.4. The second-order valence-corrected chi connectivity index (χ2v) is 6.27. The summed E-state index contributed by atoms with van der Waals surface area (Å²) in [7, 11) is 0. The van der Waals surface area contributed by atoms with Gasteiger partial charge in [0.1, 0.15) is 5.69 Å². The molecule has 0 saturated carbocycles. The van der Waals surface area contributed by atoms with E-state index in [0.29, 0.717) is 12.3 Å². The Bertz CT molecular complexity index is 985. The molecule has 144 valence electrons. The van der Waals surface area contributed by atoms with Crippen molar-refractivity contribution in [3.05, 3.63) is 85.7 Å². The van der Waals surface area contributed by atoms with Crippen LogP contribution in [0.1, 0.15) is 25.3 Å². The first-order chi connectivity index (χ1) is 13.4. The third-order valence-electron chi connectivity index (χ3n) is 4.52. The van der Waals surface area contributed by atoms with Gasteiger partial charge in [-0.25, -0.2) is 0 Å². The lowest BCUT2D eigenvalue weighted by Gasteiger charge is -2.13. The van der Waals surface area contributed by atoms with Gasteiger partial charge in [-0.3, -0.25) is 25.7 Å². The van der Waals surface area contributed by atoms with Gasteiger partial charge in [0.25, 0.3) is 5.69 Å². The average molecular weight is 382 g/mol. The Balaban J connectivity index is 1.89. The number of nitrogens with zero attached hydrogens (tertiary/aromatic N) is 3. The first-order valence-electron chi connectivity index (χ1n) is 8.50. The van der Waals surface area contributed by atoms with Gasteiger partial charge >= 0.3 is 5.69 Å². The Morgan fingerprint density at radius 1 is 1.14 bits per heavy atom. The van der Waals surface area contributed by atoms with E-state index in [1.54, 1.807) is 6.92 Å². The lowest BCUT2D eigenvalue weighted by Crippen LogP contribution is -2.11. The van der Waals surface area contributed by atoms with Crippen LogP contribution in [-0.2, 0) is 4.74 Å². The Morgan fingerprint density at radius 2 is 1.86 bits per heavy atom. The van der Waals surface area contributed by atoms with Crippen LogP contribution in [0.4, 0.5) is 17.1 Å². The molecule has 0 spiro atoms. The number of hydrogen-bond donors (Lipinski definition) is 1. The van der Waals surface area contributed by atoms with E-state index in [-0.39, 0.29) is 17.3 Å². The molecule has 0 amide bonds. The summed E-state index contributed by atoms with van der Waals surface area (Å²) >= 11 is 0. The molecule has 1 atom stereocenters. The minimum atomic E-state index is -0.684. The SMILES string of the molecule is CC1=C(/C(C)=N/Nc2ccc([N+](=O)[O-])cc2[N+](=O)[O-])C(c2ccccc2)CO1. The first-order valence-corrected chi connectivity index (χ1v) is 8.50. The fourth-order valence-corrected chi connectivity index (χ4v) is 3.15. The van der Waals surface area contributed by atoms with E-state index in [0.717, 1.165) is 23.0 Å². The number of hydrazone groups is 1. The van der Waals surface area contributed by atoms with Crippen LogP contribution < -0.4 is 5.43 Å². The Kier molecular flexibility index (Phi) is 5.35. The molecule has 1 unspecified atom stereocenters. The number of anilines is 1. The molecule has 0 aromatic heterocycles. The monoisotopic (exact) mass is 382 g/mol. The van der Waals surface area contributed by atoms with Gasteiger partial charge in [-0.05, 0) is 25.5 Å². The van der Waals surface area contributed by atoms with Gasteiger partial charge in [-0.15, -0.1) is 0 Å². The van der Waals surface area contributed by atoms with Crippen LogP contribution in [0.15, 0.2) is 65.0 Å². The summed E-state index contributed by atoms with van der Waals surface area (Å²) < 4.78 is 5.70. The maximum atomic E-state index is 11.3. The topological polar surface area (TPSA) is 120 Å². The maximum absolute atomic E-state index is 11.3. The van der Waals surface area contributed by atoms with Crippen molar-refractivity contribution >= 4 is 22.8 Å². The van der Waals surface area contributed by atoms with Crippen LogP contribution in [0.25, 0.3) is 0 Å². The molecular formula is C19H18N4O5. The highest BCUT2D eigenvalue weighted by molar-refractivity contribution is 6.01. The number of non-ortho nitro benzene ring substituents is 1. The normalized spacial score (nSPS) is 16.6. The third-order valence-corrected chi connectivity index (χ3v) is 4.52. The summed E-state index contributed by atoms with van der Waals surface area (Å²) in [4.78, 5) is 20.7. The zero-order valence-electron chi connectivity index (χ0n) is 15.3. The van der Waals surface area contributed by atoms with Gasteiger partial charge in [0.2, 0.25) is 0 Å². The van der Waals surface area contributed by atoms with Crippen molar-refractivity contribution < 1.29 is 14.6 Å². The molecule has 1 heterocycles. The number of nitrogens with one attached hydrogen (secondary N) is 1. The minimum Gasteiger partial charge on any atom is -0.497 e. The van der Waals surface area contributed by atoms with Crippen LogP contribution in [-0.4, -0.2) is 22.2 Å². The van der Waals surface area contributed by atoms with Crippen molar-refractivity contribution in [2.45, 2.75) is 19.8 Å². The van der Waals surface area contributed by atoms with E-state index in [9.17, 15) is 20.2 Å². The van der Waals surface area contributed by atoms with E-state index in [1.165, 1.54) is 12.1 Å². The van der Waals surface area contributed by atoms with Crippen LogP contribution in [0.3, 0.4) is 0 Å². The number of allylic oxidation sites excluding steroid dienone is 1. The van der Waals surface area contributed by atoms with E-state index in [4.69, 9.17) is 4.74 Å². The van der Waals surface area contributed by atoms with Crippen molar-refractivity contribution in [3.8, 4) is 0 Å². The van der Waals surface area contributed by atoms with Crippen molar-refractivity contribution in [1.29, 1.82) is 0 Å². The van der Waals surface area contributed by atoms with Gasteiger partial charge in [0.15, 0.2) is 0 Å². The highest BCUT2D eigenvalue weighted by Crippen LogP contribution is 2.35. The van der Waals surface area contributed by atoms with Gasteiger partial charge in [-0.1, -0.05) is 30.3 Å². The molecule has 1 aliphatic rings. The molecule has 0 bridgehead atoms. The Labute approximate surface area is 160 Å². The molecule has 1 N–H and O–H groups in total. The maximum Gasteiger partial charge on any atom is 0.301 e. The van der Waals surface area contributed by atoms with Crippen molar-refractivity contribution in [3.63, 3.8) is 0 Å². The molecule has 1 aliphatic heterocycles. The highest BCUT2D eigenvalue weighted by atomic mass is 16.6. The summed E-state index contributed by atoms with van der Waals surface area (Å²) in [5.74, 6) is 0.758. The molecular weight excluding hydrogens is 364 g/mol. The van der Waals surface area contributed by atoms with Gasteiger partial charge in [0, 0.05) is 17.6 Å². The number of benzene rings is 2. The van der Waals surface area contributed by atoms with E-state index < -0.39 is 15.5 Å². The summed E-state index contributed by atoms with van der Waals surface area (Å²) in [6.07, 6.45) is 0. The highest BCUT2D eigenvalue weighted by Gasteiger charge is 2.28. The van der Waals surface area contributed by atoms with Crippen molar-refractivity contribution in [1.82, 2.24) is 0 Å². The van der Waals surface area contributed by atoms with E-state index in [1.807, 2.05) is 37.3 Å². The number of ether oxygens (including phenoxy) is 1. The molecule has 9 heteroatoms. The van der Waals surface area contributed by atoms with Crippen molar-refractivity contribution in [2.75, 3.05) is 12.0 Å². The predicted octanol–water partition coefficient (Wildman–Crippen LogP) is 4.38. The van der Waals surface area contributed by atoms with Gasteiger partial charge < -0.3 is 4.74 Å². The zero-order valence-corrected chi connectivity index (χ0v) is 15.3. The molecule has 0 saturated heterocycles. The average Bonchev–Trinajstić information content (AvgIpc) is 3.08. The second-order valence-electron chi connectivity index (χ2n) is 6.27. The fourth-order valence-electron chi connectivity index (χ4n) is 3.15. The van der Waals surface area contributed by atoms with Crippen molar-refractivity contribution in [2.24, 2.45) is 5.10 Å². The van der Waals surface area contributed by atoms with E-state index in [2.05, 4.69) is 10.5 Å². The number of nitro benzene ring substituents is 2. The Morgan fingerprint density at radius 3 is 2.50 bits per heavy atom. The van der Waals surface area contributed by atoms with E-state index >= 15 is 0 Å². The second kappa shape index (κ2) is 7.87. The standard InChI is InChI=1S/C19H18N4O5/c1-12(19-13(2)28-11-16(19)14-6-4-3-5-7-14)20-21-17-9-8-15(22(24)25)10-18(17)23(26)27/h3-10,16,21H,11H2,1-2H3/b20-12+. The van der Waals surface area contributed by atoms with Crippen LogP contribution in [0, 0.1) is 20.2 Å². The number of hydrogen-bond acceptors (Lipinski definition) is 7. The lowest BCUT2D eigenvalue weighted by molar-refractivity contribution is -0.393. The molecule has 0 radical (unpaired) electrons. The van der Waals surface area contributed by atoms with Crippen LogP contribution in [0.2, 0.25) is 0 Å². The summed E-state index contributed by atoms with van der Waals surface area (Å²) in [6, 6.07) is 13.2. The molecule has 2 aromatic carbocycles. The largest absolute Gasteiger partial charge is 0.497 e. The zero-order chi connectivity index (χ0) is 20.3. The summed E-state index contributed by atoms with van der Waals surface area (Å²) in [6.45, 7) is 4.13. The predicted molar refractivity (Wildman–Crippen MR) is 104 cm³/mol. The smallest absolute Gasteiger partial charge is 0.301 e. The minimum absolute atomic E-state index is 0.0126. The van der Waals surface area contributed by atoms with Gasteiger partial charge in [0.05, 0.1) is 34.0 Å². The number of nitro groups is 2. The molecule has 9 nitrogen and oxygen atoms in total.